The topological polar surface area (TPSA) is 145 Å². The normalized spacial score (nSPS) is 15.6. The van der Waals surface area contributed by atoms with Gasteiger partial charge in [0.1, 0.15) is 17.5 Å². The third-order valence-electron chi connectivity index (χ3n) is 4.24. The average Bonchev–Trinajstić information content (AvgIpc) is 2.67. The third-order valence-corrected chi connectivity index (χ3v) is 6.03. The molecule has 2 N–H and O–H groups in total. The van der Waals surface area contributed by atoms with E-state index in [4.69, 9.17) is 5.26 Å². The summed E-state index contributed by atoms with van der Waals surface area (Å²) in [5, 5.41) is 13.4. The molecule has 0 bridgehead atoms. The third kappa shape index (κ3) is 3.64. The molecule has 30 heavy (non-hydrogen) atoms. The molecule has 13 heteroatoms. The van der Waals surface area contributed by atoms with Crippen LogP contribution in [0.2, 0.25) is 0 Å². The van der Waals surface area contributed by atoms with E-state index in [0.717, 1.165) is 6.07 Å². The number of carbonyl (C=O) groups excluding carboxylic acids is 2. The number of hydrogen-bond donors (Lipinski definition) is 2. The molecule has 3 rings (SSSR count). The molecule has 1 aromatic heterocycles. The van der Waals surface area contributed by atoms with Crippen molar-refractivity contribution in [3.8, 4) is 6.07 Å². The number of carbonyl (C=O) groups is 2. The SMILES string of the molecule is Cc1nc(C#N)cnc1C(C)NC(=O)CN1C(=O)Nc2ccc(F)c(F)c2S1(=O)=O. The molecule has 1 unspecified atom stereocenters. The number of urea groups is 1. The number of hydrogen-bond acceptors (Lipinski definition) is 7. The minimum Gasteiger partial charge on any atom is -0.346 e. The fourth-order valence-corrected chi connectivity index (χ4v) is 4.38. The number of sulfonamides is 1. The molecule has 1 aromatic carbocycles. The number of amides is 3. The Balaban J connectivity index is 1.82. The van der Waals surface area contributed by atoms with Crippen LogP contribution in [0.15, 0.2) is 23.2 Å². The first-order valence-corrected chi connectivity index (χ1v) is 9.85. The van der Waals surface area contributed by atoms with E-state index in [1.54, 1.807) is 6.92 Å². The molecule has 2 heterocycles. The molecule has 1 aliphatic heterocycles. The van der Waals surface area contributed by atoms with Crippen molar-refractivity contribution in [1.82, 2.24) is 19.6 Å². The van der Waals surface area contributed by atoms with Gasteiger partial charge in [0.15, 0.2) is 17.3 Å². The Morgan fingerprint density at radius 1 is 1.40 bits per heavy atom. The Morgan fingerprint density at radius 3 is 2.73 bits per heavy atom. The van der Waals surface area contributed by atoms with E-state index in [0.29, 0.717) is 17.5 Å². The number of fused-ring (bicyclic) bond motifs is 1. The second-order valence-corrected chi connectivity index (χ2v) is 8.11. The maximum absolute atomic E-state index is 14.1. The lowest BCUT2D eigenvalue weighted by Crippen LogP contribution is -2.49. The van der Waals surface area contributed by atoms with Gasteiger partial charge >= 0.3 is 6.03 Å². The fraction of sp³-hybridized carbons (Fsp3) is 0.235. The quantitative estimate of drug-likeness (QED) is 0.736. The molecule has 10 nitrogen and oxygen atoms in total. The van der Waals surface area contributed by atoms with Gasteiger partial charge in [-0.05, 0) is 26.0 Å². The molecular formula is C17H14F2N6O4S. The van der Waals surface area contributed by atoms with E-state index in [1.807, 2.05) is 6.07 Å². The first kappa shape index (κ1) is 21.1. The second-order valence-electron chi connectivity index (χ2n) is 6.31. The van der Waals surface area contributed by atoms with Gasteiger partial charge in [-0.25, -0.2) is 31.3 Å². The van der Waals surface area contributed by atoms with E-state index in [9.17, 15) is 26.8 Å². The monoisotopic (exact) mass is 436 g/mol. The van der Waals surface area contributed by atoms with E-state index in [-0.39, 0.29) is 10.00 Å². The molecule has 156 valence electrons. The summed E-state index contributed by atoms with van der Waals surface area (Å²) in [5.74, 6) is -3.97. The van der Waals surface area contributed by atoms with E-state index in [2.05, 4.69) is 20.6 Å². The number of nitriles is 1. The molecular weight excluding hydrogens is 422 g/mol. The van der Waals surface area contributed by atoms with Crippen LogP contribution in [0, 0.1) is 29.9 Å². The van der Waals surface area contributed by atoms with Gasteiger partial charge in [0.25, 0.3) is 10.0 Å². The minimum atomic E-state index is -4.82. The maximum atomic E-state index is 14.1. The van der Waals surface area contributed by atoms with Gasteiger partial charge in [0, 0.05) is 0 Å². The Labute approximate surface area is 169 Å². The first-order chi connectivity index (χ1) is 14.1. The van der Waals surface area contributed by atoms with Crippen LogP contribution in [0.25, 0.3) is 0 Å². The Hall–Kier alpha value is -3.66. The van der Waals surface area contributed by atoms with E-state index < -0.39 is 56.8 Å². The first-order valence-electron chi connectivity index (χ1n) is 8.41. The molecule has 3 amide bonds. The van der Waals surface area contributed by atoms with Crippen molar-refractivity contribution in [1.29, 1.82) is 5.26 Å². The molecule has 0 saturated heterocycles. The summed E-state index contributed by atoms with van der Waals surface area (Å²) in [6, 6.07) is 1.48. The highest BCUT2D eigenvalue weighted by Crippen LogP contribution is 2.33. The van der Waals surface area contributed by atoms with E-state index >= 15 is 0 Å². The zero-order chi connectivity index (χ0) is 22.2. The zero-order valence-electron chi connectivity index (χ0n) is 15.6. The van der Waals surface area contributed by atoms with Crippen LogP contribution in [0.5, 0.6) is 0 Å². The van der Waals surface area contributed by atoms with Crippen molar-refractivity contribution in [2.45, 2.75) is 24.8 Å². The van der Waals surface area contributed by atoms with Crippen molar-refractivity contribution in [3.63, 3.8) is 0 Å². The molecule has 0 fully saturated rings. The largest absolute Gasteiger partial charge is 0.346 e. The molecule has 0 aliphatic carbocycles. The number of nitrogens with one attached hydrogen (secondary N) is 2. The van der Waals surface area contributed by atoms with Crippen LogP contribution in [-0.2, 0) is 14.8 Å². The van der Waals surface area contributed by atoms with Gasteiger partial charge in [0.2, 0.25) is 5.91 Å². The predicted molar refractivity (Wildman–Crippen MR) is 97.3 cm³/mol. The van der Waals surface area contributed by atoms with Crippen LogP contribution < -0.4 is 10.6 Å². The lowest BCUT2D eigenvalue weighted by Gasteiger charge is -2.29. The molecule has 0 saturated carbocycles. The lowest BCUT2D eigenvalue weighted by molar-refractivity contribution is -0.121. The lowest BCUT2D eigenvalue weighted by atomic mass is 10.2. The van der Waals surface area contributed by atoms with Crippen LogP contribution in [-0.4, -0.2) is 41.2 Å². The van der Waals surface area contributed by atoms with Crippen LogP contribution in [0.3, 0.4) is 0 Å². The second kappa shape index (κ2) is 7.64. The molecule has 2 aromatic rings. The van der Waals surface area contributed by atoms with Crippen molar-refractivity contribution in [3.05, 3.63) is 47.0 Å². The summed E-state index contributed by atoms with van der Waals surface area (Å²) in [6.07, 6.45) is 1.21. The standard InChI is InChI=1S/C17H14F2N6O4S/c1-8-15(21-6-10(5-20)22-8)9(2)23-13(26)7-25-17(27)24-12-4-3-11(18)14(19)16(12)30(25,28)29/h3-4,6,9H,7H2,1-2H3,(H,23,26)(H,24,27). The van der Waals surface area contributed by atoms with Gasteiger partial charge in [-0.1, -0.05) is 0 Å². The summed E-state index contributed by atoms with van der Waals surface area (Å²) in [7, 11) is -4.82. The molecule has 1 aliphatic rings. The summed E-state index contributed by atoms with van der Waals surface area (Å²) >= 11 is 0. The highest BCUT2D eigenvalue weighted by atomic mass is 32.2. The zero-order valence-corrected chi connectivity index (χ0v) is 16.4. The van der Waals surface area contributed by atoms with Crippen LogP contribution >= 0.6 is 0 Å². The fourth-order valence-electron chi connectivity index (χ4n) is 2.89. The minimum absolute atomic E-state index is 0.0822. The van der Waals surface area contributed by atoms with Crippen LogP contribution in [0.4, 0.5) is 19.3 Å². The Kier molecular flexibility index (Phi) is 5.36. The van der Waals surface area contributed by atoms with Gasteiger partial charge in [-0.15, -0.1) is 0 Å². The van der Waals surface area contributed by atoms with Gasteiger partial charge < -0.3 is 10.6 Å². The van der Waals surface area contributed by atoms with Crippen LogP contribution in [0.1, 0.15) is 30.0 Å². The highest BCUT2D eigenvalue weighted by molar-refractivity contribution is 7.90. The number of aromatic nitrogens is 2. The molecule has 1 atom stereocenters. The van der Waals surface area contributed by atoms with Crippen molar-refractivity contribution >= 4 is 27.6 Å². The van der Waals surface area contributed by atoms with Gasteiger partial charge in [-0.2, -0.15) is 5.26 Å². The number of halogens is 2. The van der Waals surface area contributed by atoms with Crippen molar-refractivity contribution < 1.29 is 26.8 Å². The highest BCUT2D eigenvalue weighted by Gasteiger charge is 2.41. The van der Waals surface area contributed by atoms with E-state index in [1.165, 1.54) is 13.1 Å². The number of nitrogens with zero attached hydrogens (tertiary/aromatic N) is 4. The molecule has 0 radical (unpaired) electrons. The van der Waals surface area contributed by atoms with Crippen molar-refractivity contribution in [2.24, 2.45) is 0 Å². The number of rotatable bonds is 4. The number of anilines is 1. The summed E-state index contributed by atoms with van der Waals surface area (Å²) in [5.41, 5.74) is 0.356. The van der Waals surface area contributed by atoms with Gasteiger partial charge in [0.05, 0.1) is 29.3 Å². The summed E-state index contributed by atoms with van der Waals surface area (Å²) in [4.78, 5) is 31.5. The Bertz CT molecular complexity index is 1210. The number of benzene rings is 1. The smallest absolute Gasteiger partial charge is 0.336 e. The summed E-state index contributed by atoms with van der Waals surface area (Å²) in [6.45, 7) is 2.13. The maximum Gasteiger partial charge on any atom is 0.336 e. The average molecular weight is 436 g/mol. The Morgan fingerprint density at radius 2 is 2.10 bits per heavy atom. The molecule has 0 spiro atoms. The number of aryl methyl sites for hydroxylation is 1. The predicted octanol–water partition coefficient (Wildman–Crippen LogP) is 1.35. The summed E-state index contributed by atoms with van der Waals surface area (Å²) < 4.78 is 53.0. The van der Waals surface area contributed by atoms with Crippen molar-refractivity contribution in [2.75, 3.05) is 11.9 Å². The van der Waals surface area contributed by atoms with Gasteiger partial charge in [-0.3, -0.25) is 9.78 Å².